The lowest BCUT2D eigenvalue weighted by Crippen LogP contribution is -1.99. The van der Waals surface area contributed by atoms with Crippen molar-refractivity contribution >= 4 is 37.0 Å². The first-order valence-electron chi connectivity index (χ1n) is 3.21. The Morgan fingerprint density at radius 2 is 1.93 bits per heavy atom. The second-order valence-corrected chi connectivity index (χ2v) is 5.22. The van der Waals surface area contributed by atoms with Gasteiger partial charge >= 0.3 is 5.69 Å². The third-order valence-electron chi connectivity index (χ3n) is 1.40. The zero-order valence-electron chi connectivity index (χ0n) is 6.48. The van der Waals surface area contributed by atoms with Crippen molar-refractivity contribution in [1.29, 1.82) is 0 Å². The summed E-state index contributed by atoms with van der Waals surface area (Å²) in [5.41, 5.74) is -0.704. The van der Waals surface area contributed by atoms with E-state index in [-0.39, 0.29) is 5.02 Å². The molecule has 0 fully saturated rings. The van der Waals surface area contributed by atoms with Gasteiger partial charge in [-0.25, -0.2) is 8.42 Å². The van der Waals surface area contributed by atoms with Crippen LogP contribution < -0.4 is 0 Å². The van der Waals surface area contributed by atoms with Gasteiger partial charge in [-0.15, -0.1) is 0 Å². The van der Waals surface area contributed by atoms with Crippen LogP contribution in [0.1, 0.15) is 0 Å². The van der Waals surface area contributed by atoms with Crippen molar-refractivity contribution in [2.24, 2.45) is 0 Å². The Morgan fingerprint density at radius 1 is 1.36 bits per heavy atom. The lowest BCUT2D eigenvalue weighted by molar-refractivity contribution is -0.387. The Kier molecular flexibility index (Phi) is 2.98. The van der Waals surface area contributed by atoms with Gasteiger partial charge in [0.25, 0.3) is 9.05 Å². The Labute approximate surface area is 88.8 Å². The maximum Gasteiger partial charge on any atom is 0.307 e. The topological polar surface area (TPSA) is 77.3 Å². The summed E-state index contributed by atoms with van der Waals surface area (Å²) in [6.45, 7) is 0. The summed E-state index contributed by atoms with van der Waals surface area (Å²) in [6, 6.07) is 3.50. The maximum atomic E-state index is 10.9. The molecule has 0 radical (unpaired) electrons. The molecular weight excluding hydrogens is 253 g/mol. The minimum Gasteiger partial charge on any atom is -0.258 e. The molecule has 0 heterocycles. The molecule has 1 aromatic carbocycles. The molecule has 0 saturated heterocycles. The fourth-order valence-corrected chi connectivity index (χ4v) is 2.20. The minimum absolute atomic E-state index is 0.267. The van der Waals surface area contributed by atoms with Gasteiger partial charge in [-0.1, -0.05) is 17.7 Å². The smallest absolute Gasteiger partial charge is 0.258 e. The second-order valence-electron chi connectivity index (χ2n) is 2.28. The molecule has 0 bridgehead atoms. The van der Waals surface area contributed by atoms with Crippen LogP contribution in [-0.4, -0.2) is 13.3 Å². The van der Waals surface area contributed by atoms with Gasteiger partial charge in [0.1, 0.15) is 5.02 Å². The zero-order chi connectivity index (χ0) is 10.9. The van der Waals surface area contributed by atoms with E-state index in [1.165, 1.54) is 12.1 Å². The molecule has 0 aliphatic heterocycles. The number of nitro benzene ring substituents is 1. The summed E-state index contributed by atoms with van der Waals surface area (Å²) in [7, 11) is 0.834. The van der Waals surface area contributed by atoms with Crippen LogP contribution >= 0.6 is 22.3 Å². The van der Waals surface area contributed by atoms with Gasteiger partial charge in [-0.2, -0.15) is 0 Å². The molecule has 0 unspecified atom stereocenters. The third kappa shape index (κ3) is 2.14. The van der Waals surface area contributed by atoms with Gasteiger partial charge in [0.15, 0.2) is 4.90 Å². The third-order valence-corrected chi connectivity index (χ3v) is 3.05. The van der Waals surface area contributed by atoms with Gasteiger partial charge in [0.2, 0.25) is 0 Å². The summed E-state index contributed by atoms with van der Waals surface area (Å²) in [5, 5.41) is 10.2. The first kappa shape index (κ1) is 11.2. The lowest BCUT2D eigenvalue weighted by atomic mass is 10.3. The SMILES string of the molecule is O=[N+]([O-])c1c(Cl)cccc1S(=O)(=O)Cl. The number of benzene rings is 1. The highest BCUT2D eigenvalue weighted by Gasteiger charge is 2.26. The highest BCUT2D eigenvalue weighted by molar-refractivity contribution is 8.13. The Balaban J connectivity index is 3.61. The van der Waals surface area contributed by atoms with E-state index in [0.29, 0.717) is 0 Å². The van der Waals surface area contributed by atoms with Crippen LogP contribution in [0.5, 0.6) is 0 Å². The first-order chi connectivity index (χ1) is 6.34. The fraction of sp³-hybridized carbons (Fsp3) is 0. The summed E-state index contributed by atoms with van der Waals surface area (Å²) >= 11 is 5.47. The zero-order valence-corrected chi connectivity index (χ0v) is 8.80. The van der Waals surface area contributed by atoms with E-state index in [1.807, 2.05) is 0 Å². The summed E-state index contributed by atoms with van der Waals surface area (Å²) in [4.78, 5) is 9.00. The van der Waals surface area contributed by atoms with Crippen molar-refractivity contribution in [1.82, 2.24) is 0 Å². The van der Waals surface area contributed by atoms with Crippen LogP contribution in [0.3, 0.4) is 0 Å². The molecule has 8 heteroatoms. The second kappa shape index (κ2) is 3.72. The number of hydrogen-bond acceptors (Lipinski definition) is 4. The van der Waals surface area contributed by atoms with E-state index in [9.17, 15) is 18.5 Å². The maximum absolute atomic E-state index is 10.9. The molecule has 0 spiro atoms. The van der Waals surface area contributed by atoms with Crippen molar-refractivity contribution < 1.29 is 13.3 Å². The quantitative estimate of drug-likeness (QED) is 0.461. The molecule has 0 aromatic heterocycles. The van der Waals surface area contributed by atoms with Crippen LogP contribution in [-0.2, 0) is 9.05 Å². The van der Waals surface area contributed by atoms with E-state index in [0.717, 1.165) is 6.07 Å². The number of nitrogens with zero attached hydrogens (tertiary/aromatic N) is 1. The van der Waals surface area contributed by atoms with Gasteiger partial charge in [-0.3, -0.25) is 10.1 Å². The number of nitro groups is 1. The molecule has 0 atom stereocenters. The van der Waals surface area contributed by atoms with E-state index in [1.54, 1.807) is 0 Å². The molecule has 14 heavy (non-hydrogen) atoms. The number of rotatable bonds is 2. The molecule has 0 aliphatic rings. The van der Waals surface area contributed by atoms with E-state index < -0.39 is 24.6 Å². The molecule has 76 valence electrons. The van der Waals surface area contributed by atoms with Gasteiger partial charge in [0.05, 0.1) is 4.92 Å². The van der Waals surface area contributed by atoms with Crippen LogP contribution in [0, 0.1) is 10.1 Å². The molecule has 5 nitrogen and oxygen atoms in total. The molecule has 0 N–H and O–H groups in total. The molecule has 1 aromatic rings. The standard InChI is InChI=1S/C6H3Cl2NO4S/c7-4-2-1-3-5(14(8,12)13)6(4)9(10)11/h1-3H. The number of para-hydroxylation sites is 1. The molecule has 0 amide bonds. The molecule has 1 rings (SSSR count). The molecular formula is C6H3Cl2NO4S. The molecule has 0 aliphatic carbocycles. The Hall–Kier alpha value is -0.850. The monoisotopic (exact) mass is 255 g/mol. The Morgan fingerprint density at radius 3 is 2.29 bits per heavy atom. The largest absolute Gasteiger partial charge is 0.307 e. The lowest BCUT2D eigenvalue weighted by Gasteiger charge is -1.99. The summed E-state index contributed by atoms with van der Waals surface area (Å²) in [5.74, 6) is 0. The van der Waals surface area contributed by atoms with Crippen molar-refractivity contribution in [3.63, 3.8) is 0 Å². The average molecular weight is 256 g/mol. The minimum atomic E-state index is -4.15. The van der Waals surface area contributed by atoms with Crippen molar-refractivity contribution in [3.05, 3.63) is 33.3 Å². The normalized spacial score (nSPS) is 11.3. The van der Waals surface area contributed by atoms with Crippen molar-refractivity contribution in [2.45, 2.75) is 4.90 Å². The summed E-state index contributed by atoms with van der Waals surface area (Å²) in [6.07, 6.45) is 0. The highest BCUT2D eigenvalue weighted by atomic mass is 35.7. The van der Waals surface area contributed by atoms with Crippen molar-refractivity contribution in [2.75, 3.05) is 0 Å². The molecule has 0 saturated carbocycles. The van der Waals surface area contributed by atoms with Crippen LogP contribution in [0.2, 0.25) is 5.02 Å². The number of halogens is 2. The predicted octanol–water partition coefficient (Wildman–Crippen LogP) is 2.18. The predicted molar refractivity (Wildman–Crippen MR) is 51.1 cm³/mol. The highest BCUT2D eigenvalue weighted by Crippen LogP contribution is 2.33. The van der Waals surface area contributed by atoms with Crippen LogP contribution in [0.15, 0.2) is 23.1 Å². The summed E-state index contributed by atoms with van der Waals surface area (Å²) < 4.78 is 21.8. The van der Waals surface area contributed by atoms with Gasteiger partial charge < -0.3 is 0 Å². The van der Waals surface area contributed by atoms with Crippen LogP contribution in [0.25, 0.3) is 0 Å². The van der Waals surface area contributed by atoms with Gasteiger partial charge in [-0.05, 0) is 12.1 Å². The number of hydrogen-bond donors (Lipinski definition) is 0. The van der Waals surface area contributed by atoms with E-state index >= 15 is 0 Å². The van der Waals surface area contributed by atoms with Gasteiger partial charge in [0, 0.05) is 10.7 Å². The fourth-order valence-electron chi connectivity index (χ4n) is 0.869. The first-order valence-corrected chi connectivity index (χ1v) is 5.90. The Bertz CT molecular complexity index is 485. The van der Waals surface area contributed by atoms with E-state index in [4.69, 9.17) is 22.3 Å². The van der Waals surface area contributed by atoms with Crippen LogP contribution in [0.4, 0.5) is 5.69 Å². The van der Waals surface area contributed by atoms with Crippen molar-refractivity contribution in [3.8, 4) is 0 Å². The van der Waals surface area contributed by atoms with E-state index in [2.05, 4.69) is 0 Å². The average Bonchev–Trinajstić information content (AvgIpc) is 2.01.